The summed E-state index contributed by atoms with van der Waals surface area (Å²) in [6, 6.07) is 1.02. The first-order valence-corrected chi connectivity index (χ1v) is 8.51. The van der Waals surface area contributed by atoms with Crippen LogP contribution in [-0.4, -0.2) is 35.3 Å². The van der Waals surface area contributed by atoms with Gasteiger partial charge in [0.15, 0.2) is 11.6 Å². The lowest BCUT2D eigenvalue weighted by molar-refractivity contribution is 0.0694. The molecule has 1 fully saturated rings. The molecular formula is C18H19FN2O4. The normalized spacial score (nSPS) is 19.8. The Morgan fingerprint density at radius 1 is 1.32 bits per heavy atom. The Morgan fingerprint density at radius 3 is 2.72 bits per heavy atom. The van der Waals surface area contributed by atoms with Crippen LogP contribution < -0.4 is 15.1 Å². The van der Waals surface area contributed by atoms with E-state index in [-0.39, 0.29) is 17.0 Å². The van der Waals surface area contributed by atoms with Crippen molar-refractivity contribution in [3.05, 3.63) is 33.9 Å². The third kappa shape index (κ3) is 2.37. The maximum Gasteiger partial charge on any atom is 0.341 e. The van der Waals surface area contributed by atoms with Crippen molar-refractivity contribution in [1.29, 1.82) is 0 Å². The van der Waals surface area contributed by atoms with Gasteiger partial charge in [-0.05, 0) is 32.3 Å². The molecule has 1 aromatic heterocycles. The van der Waals surface area contributed by atoms with Crippen molar-refractivity contribution >= 4 is 22.6 Å². The Morgan fingerprint density at radius 2 is 2.04 bits per heavy atom. The molecule has 0 amide bonds. The van der Waals surface area contributed by atoms with E-state index < -0.39 is 17.2 Å². The molecule has 132 valence electrons. The molecule has 2 aliphatic heterocycles. The van der Waals surface area contributed by atoms with Crippen molar-refractivity contribution in [2.24, 2.45) is 0 Å². The molecule has 2 aromatic rings. The Hall–Kier alpha value is -2.57. The van der Waals surface area contributed by atoms with E-state index in [9.17, 15) is 19.1 Å². The molecule has 1 unspecified atom stereocenters. The van der Waals surface area contributed by atoms with E-state index in [1.807, 2.05) is 11.8 Å². The fraction of sp³-hybridized carbons (Fsp3) is 0.444. The van der Waals surface area contributed by atoms with Crippen molar-refractivity contribution in [3.63, 3.8) is 0 Å². The maximum absolute atomic E-state index is 14.9. The molecule has 1 N–H and O–H groups in total. The summed E-state index contributed by atoms with van der Waals surface area (Å²) in [5.74, 6) is -1.49. The van der Waals surface area contributed by atoms with E-state index >= 15 is 0 Å². The van der Waals surface area contributed by atoms with Crippen molar-refractivity contribution in [1.82, 2.24) is 4.57 Å². The van der Waals surface area contributed by atoms with E-state index in [1.165, 1.54) is 6.20 Å². The number of aromatic nitrogens is 1. The Kier molecular flexibility index (Phi) is 3.67. The maximum atomic E-state index is 14.9. The SMILES string of the molecule is CC1COc2c(N3CCCCC3)c(F)cc3c(=O)c(C(=O)O)cn1c23. The van der Waals surface area contributed by atoms with Gasteiger partial charge in [0.25, 0.3) is 0 Å². The molecule has 4 rings (SSSR count). The summed E-state index contributed by atoms with van der Waals surface area (Å²) in [5, 5.41) is 9.36. The molecule has 1 aromatic carbocycles. The predicted octanol–water partition coefficient (Wildman–Crippen LogP) is 2.78. The number of nitrogens with zero attached hydrogens (tertiary/aromatic N) is 2. The van der Waals surface area contributed by atoms with Gasteiger partial charge in [-0.15, -0.1) is 0 Å². The highest BCUT2D eigenvalue weighted by Crippen LogP contribution is 2.42. The Labute approximate surface area is 143 Å². The van der Waals surface area contributed by atoms with Gasteiger partial charge >= 0.3 is 5.97 Å². The molecule has 1 atom stereocenters. The number of carboxylic acids is 1. The number of hydrogen-bond acceptors (Lipinski definition) is 4. The molecule has 0 radical (unpaired) electrons. The molecule has 0 spiro atoms. The van der Waals surface area contributed by atoms with Crippen molar-refractivity contribution < 1.29 is 19.0 Å². The number of rotatable bonds is 2. The minimum atomic E-state index is -1.31. The summed E-state index contributed by atoms with van der Waals surface area (Å²) in [7, 11) is 0. The first-order chi connectivity index (χ1) is 12.0. The zero-order valence-corrected chi connectivity index (χ0v) is 13.9. The van der Waals surface area contributed by atoms with Crippen LogP contribution in [0, 0.1) is 5.82 Å². The number of carboxylic acid groups (broad SMARTS) is 1. The fourth-order valence-corrected chi connectivity index (χ4v) is 3.78. The lowest BCUT2D eigenvalue weighted by Crippen LogP contribution is -2.33. The van der Waals surface area contributed by atoms with E-state index in [0.717, 1.165) is 38.4 Å². The molecule has 25 heavy (non-hydrogen) atoms. The fourth-order valence-electron chi connectivity index (χ4n) is 3.78. The second-order valence-corrected chi connectivity index (χ2v) is 6.72. The standard InChI is InChI=1S/C18H19FN2O4/c1-10-9-25-17-14-11(16(22)12(18(23)24)8-21(10)14)7-13(19)15(17)20-5-3-2-4-6-20/h7-8,10H,2-6,9H2,1H3,(H,23,24). The highest BCUT2D eigenvalue weighted by molar-refractivity contribution is 5.97. The van der Waals surface area contributed by atoms with Crippen LogP contribution in [0.1, 0.15) is 42.6 Å². The van der Waals surface area contributed by atoms with Crippen LogP contribution in [0.5, 0.6) is 5.75 Å². The first kappa shape index (κ1) is 15.9. The van der Waals surface area contributed by atoms with Gasteiger partial charge in [-0.3, -0.25) is 4.79 Å². The summed E-state index contributed by atoms with van der Waals surface area (Å²) >= 11 is 0. The van der Waals surface area contributed by atoms with Crippen LogP contribution in [0.2, 0.25) is 0 Å². The molecule has 2 aliphatic rings. The second kappa shape index (κ2) is 5.75. The zero-order valence-electron chi connectivity index (χ0n) is 13.9. The predicted molar refractivity (Wildman–Crippen MR) is 91.4 cm³/mol. The topological polar surface area (TPSA) is 71.8 Å². The molecule has 0 saturated carbocycles. The molecule has 3 heterocycles. The second-order valence-electron chi connectivity index (χ2n) is 6.72. The number of ether oxygens (including phenoxy) is 1. The summed E-state index contributed by atoms with van der Waals surface area (Å²) in [5.41, 5.74) is -0.162. The van der Waals surface area contributed by atoms with E-state index in [1.54, 1.807) is 4.57 Å². The number of anilines is 1. The van der Waals surface area contributed by atoms with Gasteiger partial charge in [0.1, 0.15) is 17.9 Å². The van der Waals surface area contributed by atoms with Crippen molar-refractivity contribution in [3.8, 4) is 5.75 Å². The van der Waals surface area contributed by atoms with Gasteiger partial charge < -0.3 is 19.3 Å². The average molecular weight is 346 g/mol. The first-order valence-electron chi connectivity index (χ1n) is 8.51. The van der Waals surface area contributed by atoms with Crippen molar-refractivity contribution in [2.45, 2.75) is 32.2 Å². The van der Waals surface area contributed by atoms with E-state index in [2.05, 4.69) is 0 Å². The number of pyridine rings is 1. The number of piperidine rings is 1. The van der Waals surface area contributed by atoms with Crippen LogP contribution in [0.3, 0.4) is 0 Å². The smallest absolute Gasteiger partial charge is 0.341 e. The minimum Gasteiger partial charge on any atom is -0.487 e. The van der Waals surface area contributed by atoms with Crippen LogP contribution in [-0.2, 0) is 0 Å². The van der Waals surface area contributed by atoms with Gasteiger partial charge in [-0.25, -0.2) is 9.18 Å². The monoisotopic (exact) mass is 346 g/mol. The van der Waals surface area contributed by atoms with E-state index in [4.69, 9.17) is 4.74 Å². The molecule has 0 bridgehead atoms. The molecule has 1 saturated heterocycles. The Balaban J connectivity index is 2.06. The number of carbonyl (C=O) groups is 1. The third-order valence-corrected chi connectivity index (χ3v) is 5.04. The highest BCUT2D eigenvalue weighted by Gasteiger charge is 2.30. The van der Waals surface area contributed by atoms with Crippen LogP contribution in [0.4, 0.5) is 10.1 Å². The van der Waals surface area contributed by atoms with Gasteiger partial charge in [-0.1, -0.05) is 0 Å². The summed E-state index contributed by atoms with van der Waals surface area (Å²) < 4.78 is 22.5. The highest BCUT2D eigenvalue weighted by atomic mass is 19.1. The summed E-state index contributed by atoms with van der Waals surface area (Å²) in [6.45, 7) is 3.66. The largest absolute Gasteiger partial charge is 0.487 e. The molecular weight excluding hydrogens is 327 g/mol. The average Bonchev–Trinajstić information content (AvgIpc) is 2.60. The van der Waals surface area contributed by atoms with Crippen molar-refractivity contribution in [2.75, 3.05) is 24.6 Å². The summed E-state index contributed by atoms with van der Waals surface area (Å²) in [4.78, 5) is 25.9. The summed E-state index contributed by atoms with van der Waals surface area (Å²) in [6.07, 6.45) is 4.43. The lowest BCUT2D eigenvalue weighted by atomic mass is 10.0. The van der Waals surface area contributed by atoms with Gasteiger partial charge in [-0.2, -0.15) is 0 Å². The number of halogens is 1. The lowest BCUT2D eigenvalue weighted by Gasteiger charge is -2.34. The van der Waals surface area contributed by atoms with Gasteiger partial charge in [0.05, 0.1) is 16.9 Å². The van der Waals surface area contributed by atoms with Crippen LogP contribution in [0.25, 0.3) is 10.9 Å². The quantitative estimate of drug-likeness (QED) is 0.905. The number of aromatic carboxylic acids is 1. The van der Waals surface area contributed by atoms with Crippen LogP contribution >= 0.6 is 0 Å². The zero-order chi connectivity index (χ0) is 17.7. The molecule has 7 heteroatoms. The van der Waals surface area contributed by atoms with E-state index in [0.29, 0.717) is 23.6 Å². The van der Waals surface area contributed by atoms with Gasteiger partial charge in [0, 0.05) is 19.3 Å². The third-order valence-electron chi connectivity index (χ3n) is 5.04. The van der Waals surface area contributed by atoms with Gasteiger partial charge in [0.2, 0.25) is 5.43 Å². The number of hydrogen-bond donors (Lipinski definition) is 1. The molecule has 6 nitrogen and oxygen atoms in total. The van der Waals surface area contributed by atoms with Crippen LogP contribution in [0.15, 0.2) is 17.1 Å². The molecule has 0 aliphatic carbocycles. The minimum absolute atomic E-state index is 0.0553. The number of benzene rings is 1. The Bertz CT molecular complexity index is 931.